The molecule has 1 aromatic carbocycles. The van der Waals surface area contributed by atoms with Crippen molar-refractivity contribution < 1.29 is 4.79 Å². The van der Waals surface area contributed by atoms with Gasteiger partial charge in [0.1, 0.15) is 0 Å². The fourth-order valence-electron chi connectivity index (χ4n) is 2.85. The summed E-state index contributed by atoms with van der Waals surface area (Å²) in [5.74, 6) is -0.0278. The standard InChI is InChI=1S/C17H19ClN2O/c18-13-6-7-14-15(11-20-16(14)10-13)17(21)19-9-8-12-4-2-1-3-5-12/h4,6-7,10-11,20H,1-3,5,8-9H2,(H,19,21). The average molecular weight is 303 g/mol. The summed E-state index contributed by atoms with van der Waals surface area (Å²) in [6, 6.07) is 5.52. The van der Waals surface area contributed by atoms with Gasteiger partial charge in [0.25, 0.3) is 5.91 Å². The largest absolute Gasteiger partial charge is 0.360 e. The maximum atomic E-state index is 12.3. The van der Waals surface area contributed by atoms with Crippen LogP contribution in [-0.2, 0) is 0 Å². The summed E-state index contributed by atoms with van der Waals surface area (Å²) in [5.41, 5.74) is 3.05. The van der Waals surface area contributed by atoms with Crippen LogP contribution in [0.2, 0.25) is 5.02 Å². The highest BCUT2D eigenvalue weighted by molar-refractivity contribution is 6.31. The first-order valence-corrected chi connectivity index (χ1v) is 7.84. The summed E-state index contributed by atoms with van der Waals surface area (Å²) in [7, 11) is 0. The van der Waals surface area contributed by atoms with Gasteiger partial charge in [0, 0.05) is 28.7 Å². The molecule has 0 spiro atoms. The van der Waals surface area contributed by atoms with Crippen LogP contribution in [0.3, 0.4) is 0 Å². The van der Waals surface area contributed by atoms with Crippen molar-refractivity contribution >= 4 is 28.4 Å². The van der Waals surface area contributed by atoms with Crippen LogP contribution in [0.4, 0.5) is 0 Å². The smallest absolute Gasteiger partial charge is 0.253 e. The minimum Gasteiger partial charge on any atom is -0.360 e. The second kappa shape index (κ2) is 6.35. The van der Waals surface area contributed by atoms with Gasteiger partial charge < -0.3 is 10.3 Å². The van der Waals surface area contributed by atoms with Gasteiger partial charge in [-0.05, 0) is 44.2 Å². The molecule has 110 valence electrons. The lowest BCUT2D eigenvalue weighted by molar-refractivity contribution is 0.0955. The number of carbonyl (C=O) groups excluding carboxylic acids is 1. The van der Waals surface area contributed by atoms with Crippen molar-refractivity contribution in [3.63, 3.8) is 0 Å². The SMILES string of the molecule is O=C(NCCC1=CCCCC1)c1c[nH]c2cc(Cl)ccc12. The molecule has 21 heavy (non-hydrogen) atoms. The Kier molecular flexibility index (Phi) is 4.30. The topological polar surface area (TPSA) is 44.9 Å². The minimum atomic E-state index is -0.0278. The number of fused-ring (bicyclic) bond motifs is 1. The van der Waals surface area contributed by atoms with Crippen molar-refractivity contribution in [3.8, 4) is 0 Å². The van der Waals surface area contributed by atoms with Crippen molar-refractivity contribution in [2.75, 3.05) is 6.54 Å². The number of benzene rings is 1. The molecule has 0 unspecified atom stereocenters. The number of hydrogen-bond acceptors (Lipinski definition) is 1. The number of halogens is 1. The molecular formula is C17H19ClN2O. The Morgan fingerprint density at radius 1 is 1.33 bits per heavy atom. The molecule has 1 amide bonds. The molecule has 0 fully saturated rings. The number of rotatable bonds is 4. The molecule has 1 heterocycles. The third-order valence-electron chi connectivity index (χ3n) is 4.01. The van der Waals surface area contributed by atoms with Gasteiger partial charge in [-0.3, -0.25) is 4.79 Å². The number of hydrogen-bond donors (Lipinski definition) is 2. The Hall–Kier alpha value is -1.74. The number of aromatic amines is 1. The van der Waals surface area contributed by atoms with Crippen LogP contribution in [0, 0.1) is 0 Å². The molecular weight excluding hydrogens is 284 g/mol. The van der Waals surface area contributed by atoms with Crippen molar-refractivity contribution in [1.29, 1.82) is 0 Å². The van der Waals surface area contributed by atoms with E-state index in [0.717, 1.165) is 17.3 Å². The average Bonchev–Trinajstić information content (AvgIpc) is 2.91. The van der Waals surface area contributed by atoms with Crippen LogP contribution >= 0.6 is 11.6 Å². The van der Waals surface area contributed by atoms with Crippen LogP contribution in [-0.4, -0.2) is 17.4 Å². The number of carbonyl (C=O) groups is 1. The maximum absolute atomic E-state index is 12.3. The monoisotopic (exact) mass is 302 g/mol. The van der Waals surface area contributed by atoms with Crippen LogP contribution in [0.15, 0.2) is 36.0 Å². The number of allylic oxidation sites excluding steroid dienone is 1. The van der Waals surface area contributed by atoms with Gasteiger partial charge in [-0.2, -0.15) is 0 Å². The van der Waals surface area contributed by atoms with Crippen molar-refractivity contribution in [2.24, 2.45) is 0 Å². The first-order chi connectivity index (χ1) is 10.2. The molecule has 0 bridgehead atoms. The zero-order valence-electron chi connectivity index (χ0n) is 11.9. The first kappa shape index (κ1) is 14.2. The molecule has 3 nitrogen and oxygen atoms in total. The van der Waals surface area contributed by atoms with Crippen LogP contribution in [0.5, 0.6) is 0 Å². The van der Waals surface area contributed by atoms with E-state index in [0.29, 0.717) is 17.1 Å². The Bertz CT molecular complexity index is 687. The van der Waals surface area contributed by atoms with Crippen LogP contribution in [0.1, 0.15) is 42.5 Å². The second-order valence-electron chi connectivity index (χ2n) is 5.51. The van der Waals surface area contributed by atoms with Gasteiger partial charge in [-0.15, -0.1) is 0 Å². The van der Waals surface area contributed by atoms with E-state index >= 15 is 0 Å². The van der Waals surface area contributed by atoms with Gasteiger partial charge in [0.2, 0.25) is 0 Å². The van der Waals surface area contributed by atoms with E-state index in [4.69, 9.17) is 11.6 Å². The quantitative estimate of drug-likeness (QED) is 0.806. The first-order valence-electron chi connectivity index (χ1n) is 7.47. The number of H-pyrrole nitrogens is 1. The number of amides is 1. The zero-order chi connectivity index (χ0) is 14.7. The van der Waals surface area contributed by atoms with Gasteiger partial charge in [0.05, 0.1) is 5.56 Å². The number of aromatic nitrogens is 1. The van der Waals surface area contributed by atoms with E-state index in [1.54, 1.807) is 12.3 Å². The fourth-order valence-corrected chi connectivity index (χ4v) is 3.02. The second-order valence-corrected chi connectivity index (χ2v) is 5.94. The van der Waals surface area contributed by atoms with E-state index in [1.165, 1.54) is 31.3 Å². The molecule has 1 aliphatic rings. The summed E-state index contributed by atoms with van der Waals surface area (Å²) in [5, 5.41) is 4.58. The fraction of sp³-hybridized carbons (Fsp3) is 0.353. The third kappa shape index (κ3) is 3.30. The summed E-state index contributed by atoms with van der Waals surface area (Å²) in [6.07, 6.45) is 9.98. The van der Waals surface area contributed by atoms with Gasteiger partial charge in [-0.1, -0.05) is 29.3 Å². The molecule has 0 aliphatic heterocycles. The van der Waals surface area contributed by atoms with Crippen LogP contribution < -0.4 is 5.32 Å². The van der Waals surface area contributed by atoms with Gasteiger partial charge in [-0.25, -0.2) is 0 Å². The lowest BCUT2D eigenvalue weighted by atomic mass is 9.97. The predicted octanol–water partition coefficient (Wildman–Crippen LogP) is 4.44. The molecule has 0 saturated heterocycles. The molecule has 0 radical (unpaired) electrons. The highest BCUT2D eigenvalue weighted by atomic mass is 35.5. The van der Waals surface area contributed by atoms with E-state index in [2.05, 4.69) is 16.4 Å². The third-order valence-corrected chi connectivity index (χ3v) is 4.24. The molecule has 4 heteroatoms. The molecule has 0 atom stereocenters. The highest BCUT2D eigenvalue weighted by Gasteiger charge is 2.12. The Labute approximate surface area is 129 Å². The molecule has 2 aromatic rings. The van der Waals surface area contributed by atoms with Crippen LogP contribution in [0.25, 0.3) is 10.9 Å². The Morgan fingerprint density at radius 2 is 2.24 bits per heavy atom. The summed E-state index contributed by atoms with van der Waals surface area (Å²) in [6.45, 7) is 0.699. The predicted molar refractivity (Wildman–Crippen MR) is 86.8 cm³/mol. The molecule has 0 saturated carbocycles. The zero-order valence-corrected chi connectivity index (χ0v) is 12.7. The summed E-state index contributed by atoms with van der Waals surface area (Å²) >= 11 is 5.95. The molecule has 1 aromatic heterocycles. The van der Waals surface area contributed by atoms with E-state index < -0.39 is 0 Å². The number of nitrogens with one attached hydrogen (secondary N) is 2. The van der Waals surface area contributed by atoms with E-state index in [-0.39, 0.29) is 5.91 Å². The molecule has 1 aliphatic carbocycles. The van der Waals surface area contributed by atoms with Gasteiger partial charge in [0.15, 0.2) is 0 Å². The van der Waals surface area contributed by atoms with E-state index in [9.17, 15) is 4.79 Å². The lowest BCUT2D eigenvalue weighted by Crippen LogP contribution is -2.24. The van der Waals surface area contributed by atoms with Crippen molar-refractivity contribution in [1.82, 2.24) is 10.3 Å². The summed E-state index contributed by atoms with van der Waals surface area (Å²) < 4.78 is 0. The Balaban J connectivity index is 1.63. The minimum absolute atomic E-state index is 0.0278. The molecule has 2 N–H and O–H groups in total. The highest BCUT2D eigenvalue weighted by Crippen LogP contribution is 2.22. The molecule has 3 rings (SSSR count). The van der Waals surface area contributed by atoms with Crippen molar-refractivity contribution in [2.45, 2.75) is 32.1 Å². The van der Waals surface area contributed by atoms with E-state index in [1.807, 2.05) is 12.1 Å². The Morgan fingerprint density at radius 3 is 3.05 bits per heavy atom. The van der Waals surface area contributed by atoms with Gasteiger partial charge >= 0.3 is 0 Å². The summed E-state index contributed by atoms with van der Waals surface area (Å²) in [4.78, 5) is 15.4. The maximum Gasteiger partial charge on any atom is 0.253 e. The lowest BCUT2D eigenvalue weighted by Gasteiger charge is -2.12. The van der Waals surface area contributed by atoms with Crippen molar-refractivity contribution in [3.05, 3.63) is 46.6 Å². The normalized spacial score (nSPS) is 15.0.